The monoisotopic (exact) mass is 310 g/mol. The van der Waals surface area contributed by atoms with Gasteiger partial charge in [0.2, 0.25) is 0 Å². The number of carbonyl (C=O) groups is 1. The van der Waals surface area contributed by atoms with Crippen LogP contribution in [0.4, 0.5) is 22.4 Å². The number of hydrogen-bond donors (Lipinski definition) is 2. The second-order valence-electron chi connectivity index (χ2n) is 3.18. The highest BCUT2D eigenvalue weighted by molar-refractivity contribution is 7.99. The molecule has 2 heterocycles. The molecule has 0 aromatic carbocycles. The molecular weight excluding hydrogens is 308 g/mol. The number of hydrogen-bond acceptors (Lipinski definition) is 5. The molecule has 106 valence electrons. The van der Waals surface area contributed by atoms with Gasteiger partial charge in [-0.25, -0.2) is 18.4 Å². The SMILES string of the molecule is O=C(O)n1nc(Sc2c(F)c(F)nc(F)c2F)[nH]c1=O. The first-order valence-corrected chi connectivity index (χ1v) is 5.43. The van der Waals surface area contributed by atoms with E-state index in [1.165, 1.54) is 0 Å². The molecule has 0 saturated carbocycles. The average Bonchev–Trinajstić information content (AvgIpc) is 2.73. The van der Waals surface area contributed by atoms with Crippen molar-refractivity contribution in [3.05, 3.63) is 34.0 Å². The third-order valence-electron chi connectivity index (χ3n) is 1.93. The van der Waals surface area contributed by atoms with Crippen molar-refractivity contribution < 1.29 is 27.5 Å². The van der Waals surface area contributed by atoms with Crippen molar-refractivity contribution in [1.82, 2.24) is 19.7 Å². The fourth-order valence-electron chi connectivity index (χ4n) is 1.14. The predicted octanol–water partition coefficient (Wildman–Crippen LogP) is 1.20. The van der Waals surface area contributed by atoms with Crippen LogP contribution in [0.1, 0.15) is 0 Å². The minimum atomic E-state index is -1.88. The fourth-order valence-corrected chi connectivity index (χ4v) is 1.94. The molecule has 0 radical (unpaired) electrons. The maximum atomic E-state index is 13.3. The quantitative estimate of drug-likeness (QED) is 0.638. The van der Waals surface area contributed by atoms with Crippen LogP contribution in [0.15, 0.2) is 14.8 Å². The minimum Gasteiger partial charge on any atom is -0.463 e. The molecule has 0 aliphatic heterocycles. The van der Waals surface area contributed by atoms with Gasteiger partial charge in [0.15, 0.2) is 16.8 Å². The molecule has 20 heavy (non-hydrogen) atoms. The Labute approximate surface area is 110 Å². The number of H-pyrrole nitrogens is 1. The summed E-state index contributed by atoms with van der Waals surface area (Å²) in [7, 11) is 0. The number of aromatic amines is 1. The first-order valence-electron chi connectivity index (χ1n) is 4.61. The Hall–Kier alpha value is -2.37. The van der Waals surface area contributed by atoms with Crippen molar-refractivity contribution >= 4 is 17.9 Å². The van der Waals surface area contributed by atoms with E-state index < -0.39 is 45.4 Å². The molecule has 0 bridgehead atoms. The molecule has 0 saturated heterocycles. The molecule has 0 unspecified atom stereocenters. The van der Waals surface area contributed by atoms with E-state index in [0.717, 1.165) is 0 Å². The highest BCUT2D eigenvalue weighted by atomic mass is 32.2. The third-order valence-corrected chi connectivity index (χ3v) is 2.87. The van der Waals surface area contributed by atoms with Crippen LogP contribution >= 0.6 is 11.8 Å². The summed E-state index contributed by atoms with van der Waals surface area (Å²) in [5, 5.41) is 11.1. The summed E-state index contributed by atoms with van der Waals surface area (Å²) in [6, 6.07) is 0. The van der Waals surface area contributed by atoms with Gasteiger partial charge in [0.1, 0.15) is 0 Å². The van der Waals surface area contributed by atoms with E-state index >= 15 is 0 Å². The Morgan fingerprint density at radius 3 is 2.20 bits per heavy atom. The van der Waals surface area contributed by atoms with Gasteiger partial charge in [-0.05, 0) is 11.8 Å². The van der Waals surface area contributed by atoms with E-state index in [0.29, 0.717) is 0 Å². The van der Waals surface area contributed by atoms with Gasteiger partial charge in [-0.1, -0.05) is 0 Å². The van der Waals surface area contributed by atoms with Gasteiger partial charge < -0.3 is 5.11 Å². The Morgan fingerprint density at radius 1 is 1.20 bits per heavy atom. The highest BCUT2D eigenvalue weighted by Gasteiger charge is 2.23. The summed E-state index contributed by atoms with van der Waals surface area (Å²) in [6.07, 6.45) is -1.74. The lowest BCUT2D eigenvalue weighted by molar-refractivity contribution is 0.191. The summed E-state index contributed by atoms with van der Waals surface area (Å²) in [6.45, 7) is 0. The normalized spacial score (nSPS) is 10.8. The van der Waals surface area contributed by atoms with Crippen molar-refractivity contribution in [3.63, 3.8) is 0 Å². The third kappa shape index (κ3) is 2.36. The van der Waals surface area contributed by atoms with Crippen molar-refractivity contribution in [2.45, 2.75) is 10.1 Å². The summed E-state index contributed by atoms with van der Waals surface area (Å²) in [5.74, 6) is -7.35. The number of halogens is 4. The number of nitrogens with zero attached hydrogens (tertiary/aromatic N) is 3. The second-order valence-corrected chi connectivity index (χ2v) is 4.18. The molecular formula is C8H2F4N4O3S. The summed E-state index contributed by atoms with van der Waals surface area (Å²) >= 11 is 0.000741. The smallest absolute Gasteiger partial charge is 0.436 e. The van der Waals surface area contributed by atoms with E-state index in [-0.39, 0.29) is 16.4 Å². The fraction of sp³-hybridized carbons (Fsp3) is 0. The predicted molar refractivity (Wildman–Crippen MR) is 54.5 cm³/mol. The van der Waals surface area contributed by atoms with Crippen molar-refractivity contribution in [2.24, 2.45) is 0 Å². The minimum absolute atomic E-state index is 0.000741. The molecule has 0 aliphatic rings. The lowest BCUT2D eigenvalue weighted by Crippen LogP contribution is -2.24. The van der Waals surface area contributed by atoms with Crippen LogP contribution in [0.25, 0.3) is 0 Å². The number of aromatic nitrogens is 4. The van der Waals surface area contributed by atoms with Crippen LogP contribution in [0.2, 0.25) is 0 Å². The van der Waals surface area contributed by atoms with Crippen molar-refractivity contribution in [1.29, 1.82) is 0 Å². The molecule has 7 nitrogen and oxygen atoms in total. The van der Waals surface area contributed by atoms with Gasteiger partial charge in [0.05, 0.1) is 4.90 Å². The van der Waals surface area contributed by atoms with Crippen molar-refractivity contribution in [2.75, 3.05) is 0 Å². The van der Waals surface area contributed by atoms with Gasteiger partial charge in [-0.15, -0.1) is 9.78 Å². The largest absolute Gasteiger partial charge is 0.463 e. The molecule has 0 fully saturated rings. The molecule has 2 aromatic heterocycles. The molecule has 2 aromatic rings. The number of nitrogens with one attached hydrogen (secondary N) is 1. The summed E-state index contributed by atoms with van der Waals surface area (Å²) in [5.41, 5.74) is -1.20. The maximum absolute atomic E-state index is 13.3. The number of carboxylic acid groups (broad SMARTS) is 1. The summed E-state index contributed by atoms with van der Waals surface area (Å²) < 4.78 is 52.2. The van der Waals surface area contributed by atoms with Crippen LogP contribution in [-0.4, -0.2) is 30.9 Å². The Balaban J connectivity index is 2.48. The van der Waals surface area contributed by atoms with E-state index in [4.69, 9.17) is 5.11 Å². The highest BCUT2D eigenvalue weighted by Crippen LogP contribution is 2.30. The molecule has 0 spiro atoms. The average molecular weight is 310 g/mol. The second kappa shape index (κ2) is 4.96. The first kappa shape index (κ1) is 14.0. The van der Waals surface area contributed by atoms with Crippen LogP contribution in [0, 0.1) is 23.5 Å². The zero-order valence-electron chi connectivity index (χ0n) is 9.03. The number of pyridine rings is 1. The van der Waals surface area contributed by atoms with E-state index in [9.17, 15) is 27.2 Å². The van der Waals surface area contributed by atoms with Crippen LogP contribution < -0.4 is 5.69 Å². The van der Waals surface area contributed by atoms with E-state index in [2.05, 4.69) is 10.1 Å². The van der Waals surface area contributed by atoms with Crippen LogP contribution in [0.5, 0.6) is 0 Å². The lowest BCUT2D eigenvalue weighted by Gasteiger charge is -2.02. The lowest BCUT2D eigenvalue weighted by atomic mass is 10.4. The van der Waals surface area contributed by atoms with Gasteiger partial charge in [0, 0.05) is 0 Å². The molecule has 12 heteroatoms. The maximum Gasteiger partial charge on any atom is 0.436 e. The zero-order valence-corrected chi connectivity index (χ0v) is 9.84. The Kier molecular flexibility index (Phi) is 3.48. The van der Waals surface area contributed by atoms with Gasteiger partial charge in [-0.3, -0.25) is 4.98 Å². The summed E-state index contributed by atoms with van der Waals surface area (Å²) in [4.78, 5) is 24.6. The van der Waals surface area contributed by atoms with E-state index in [1.54, 1.807) is 0 Å². The van der Waals surface area contributed by atoms with Crippen LogP contribution in [0.3, 0.4) is 0 Å². The number of rotatable bonds is 2. The zero-order chi connectivity index (χ0) is 15.0. The molecule has 0 aliphatic carbocycles. The van der Waals surface area contributed by atoms with Gasteiger partial charge >= 0.3 is 11.8 Å². The topological polar surface area (TPSA) is 101 Å². The Bertz CT molecular complexity index is 733. The first-order chi connectivity index (χ1) is 9.31. The molecule has 0 amide bonds. The Morgan fingerprint density at radius 2 is 1.75 bits per heavy atom. The molecule has 2 rings (SSSR count). The van der Waals surface area contributed by atoms with E-state index in [1.807, 2.05) is 4.98 Å². The van der Waals surface area contributed by atoms with Crippen molar-refractivity contribution in [3.8, 4) is 0 Å². The van der Waals surface area contributed by atoms with Gasteiger partial charge in [0.25, 0.3) is 11.9 Å². The van der Waals surface area contributed by atoms with Gasteiger partial charge in [-0.2, -0.15) is 13.8 Å². The molecule has 0 atom stereocenters. The standard InChI is InChI=1S/C8H2F4N4O3S/c9-1-3(2(10)5(12)13-4(1)11)20-6-14-7(17)16(15-6)8(18)19/h(H,18,19)(H,14,15,17). The molecule has 2 N–H and O–H groups in total. The van der Waals surface area contributed by atoms with Crippen LogP contribution in [-0.2, 0) is 0 Å².